The first-order chi connectivity index (χ1) is 12.0. The molecule has 4 nitrogen and oxygen atoms in total. The summed E-state index contributed by atoms with van der Waals surface area (Å²) in [6, 6.07) is 12.4. The lowest BCUT2D eigenvalue weighted by molar-refractivity contribution is -0.127. The molecule has 0 unspecified atom stereocenters. The van der Waals surface area contributed by atoms with Crippen LogP contribution in [-0.4, -0.2) is 18.4 Å². The van der Waals surface area contributed by atoms with Crippen molar-refractivity contribution in [1.82, 2.24) is 5.32 Å². The van der Waals surface area contributed by atoms with Gasteiger partial charge in [-0.15, -0.1) is 0 Å². The Labute approximate surface area is 145 Å². The van der Waals surface area contributed by atoms with E-state index in [0.717, 1.165) is 11.1 Å². The van der Waals surface area contributed by atoms with Gasteiger partial charge in [0.15, 0.2) is 0 Å². The minimum Gasteiger partial charge on any atom is -0.369 e. The van der Waals surface area contributed by atoms with Crippen molar-refractivity contribution < 1.29 is 18.4 Å². The van der Waals surface area contributed by atoms with Gasteiger partial charge in [-0.05, 0) is 48.2 Å². The van der Waals surface area contributed by atoms with Crippen molar-refractivity contribution in [3.8, 4) is 0 Å². The number of nitrogens with one attached hydrogen (secondary N) is 1. The third-order valence-corrected chi connectivity index (χ3v) is 3.87. The lowest BCUT2D eigenvalue weighted by atomic mass is 9.87. The van der Waals surface area contributed by atoms with Gasteiger partial charge in [-0.2, -0.15) is 0 Å². The van der Waals surface area contributed by atoms with Crippen molar-refractivity contribution in [2.24, 2.45) is 5.73 Å². The standard InChI is InChI=1S/C19H20F2N2O2/c20-15-7-3-13(4-8-15)17(14-5-9-16(21)10-6-14)2-1-11-23-19(25)12-18(22)24/h3-10,17H,1-2,11-12H2,(H2,22,24)(H,23,25). The molecular weight excluding hydrogens is 326 g/mol. The molecule has 2 rings (SSSR count). The first-order valence-electron chi connectivity index (χ1n) is 8.01. The summed E-state index contributed by atoms with van der Waals surface area (Å²) in [4.78, 5) is 22.1. The van der Waals surface area contributed by atoms with E-state index in [9.17, 15) is 18.4 Å². The van der Waals surface area contributed by atoms with Crippen LogP contribution < -0.4 is 11.1 Å². The van der Waals surface area contributed by atoms with Gasteiger partial charge in [0, 0.05) is 12.5 Å². The smallest absolute Gasteiger partial charge is 0.229 e. The molecule has 0 radical (unpaired) electrons. The van der Waals surface area contributed by atoms with E-state index in [1.165, 1.54) is 24.3 Å². The van der Waals surface area contributed by atoms with Crippen LogP contribution in [0.1, 0.15) is 36.3 Å². The summed E-state index contributed by atoms with van der Waals surface area (Å²) in [5.74, 6) is -1.77. The average Bonchev–Trinajstić information content (AvgIpc) is 2.56. The SMILES string of the molecule is NC(=O)CC(=O)NCCCC(c1ccc(F)cc1)c1ccc(F)cc1. The molecule has 3 N–H and O–H groups in total. The highest BCUT2D eigenvalue weighted by Crippen LogP contribution is 2.29. The Balaban J connectivity index is 2.02. The molecule has 0 heterocycles. The van der Waals surface area contributed by atoms with Crippen LogP contribution in [0.5, 0.6) is 0 Å². The molecule has 132 valence electrons. The second kappa shape index (κ2) is 8.92. The summed E-state index contributed by atoms with van der Waals surface area (Å²) in [5.41, 5.74) is 6.79. The van der Waals surface area contributed by atoms with Gasteiger partial charge in [-0.25, -0.2) is 8.78 Å². The summed E-state index contributed by atoms with van der Waals surface area (Å²) in [7, 11) is 0. The number of carbonyl (C=O) groups excluding carboxylic acids is 2. The molecule has 6 heteroatoms. The van der Waals surface area contributed by atoms with Crippen molar-refractivity contribution in [2.75, 3.05) is 6.54 Å². The van der Waals surface area contributed by atoms with Gasteiger partial charge in [-0.3, -0.25) is 9.59 Å². The molecule has 0 bridgehead atoms. The van der Waals surface area contributed by atoms with Gasteiger partial charge >= 0.3 is 0 Å². The average molecular weight is 346 g/mol. The number of amides is 2. The number of nitrogens with two attached hydrogens (primary N) is 1. The van der Waals surface area contributed by atoms with Gasteiger partial charge in [0.25, 0.3) is 0 Å². The maximum absolute atomic E-state index is 13.2. The van der Waals surface area contributed by atoms with Gasteiger partial charge in [0.05, 0.1) is 0 Å². The zero-order valence-electron chi connectivity index (χ0n) is 13.7. The number of hydrogen-bond donors (Lipinski definition) is 2. The topological polar surface area (TPSA) is 72.2 Å². The van der Waals surface area contributed by atoms with E-state index >= 15 is 0 Å². The largest absolute Gasteiger partial charge is 0.369 e. The number of halogens is 2. The lowest BCUT2D eigenvalue weighted by Crippen LogP contribution is -2.29. The summed E-state index contributed by atoms with van der Waals surface area (Å²) >= 11 is 0. The van der Waals surface area contributed by atoms with Crippen LogP contribution in [0.3, 0.4) is 0 Å². The zero-order valence-corrected chi connectivity index (χ0v) is 13.7. The molecule has 0 fully saturated rings. The zero-order chi connectivity index (χ0) is 18.2. The first kappa shape index (κ1) is 18.6. The molecule has 25 heavy (non-hydrogen) atoms. The van der Waals surface area contributed by atoms with E-state index in [1.807, 2.05) is 0 Å². The summed E-state index contributed by atoms with van der Waals surface area (Å²) in [5, 5.41) is 2.63. The predicted octanol–water partition coefficient (Wildman–Crippen LogP) is 2.87. The van der Waals surface area contributed by atoms with E-state index in [1.54, 1.807) is 24.3 Å². The van der Waals surface area contributed by atoms with E-state index in [-0.39, 0.29) is 24.0 Å². The molecule has 0 spiro atoms. The van der Waals surface area contributed by atoms with Gasteiger partial charge in [0.1, 0.15) is 18.1 Å². The van der Waals surface area contributed by atoms with E-state index < -0.39 is 11.8 Å². The molecule has 0 aromatic heterocycles. The molecular formula is C19H20F2N2O2. The third kappa shape index (κ3) is 5.99. The van der Waals surface area contributed by atoms with Crippen LogP contribution in [0.15, 0.2) is 48.5 Å². The number of hydrogen-bond acceptors (Lipinski definition) is 2. The molecule has 0 atom stereocenters. The minimum absolute atomic E-state index is 0.0470. The number of benzene rings is 2. The first-order valence-corrected chi connectivity index (χ1v) is 8.01. The Kier molecular flexibility index (Phi) is 6.62. The Morgan fingerprint density at radius 1 is 0.920 bits per heavy atom. The molecule has 0 saturated heterocycles. The van der Waals surface area contributed by atoms with Crippen molar-refractivity contribution >= 4 is 11.8 Å². The summed E-state index contributed by atoms with van der Waals surface area (Å²) in [6.07, 6.45) is 0.984. The van der Waals surface area contributed by atoms with E-state index in [4.69, 9.17) is 5.73 Å². The quantitative estimate of drug-likeness (QED) is 0.570. The molecule has 2 aromatic rings. The van der Waals surface area contributed by atoms with Crippen LogP contribution in [-0.2, 0) is 9.59 Å². The monoisotopic (exact) mass is 346 g/mol. The summed E-state index contributed by atoms with van der Waals surface area (Å²) in [6.45, 7) is 0.394. The minimum atomic E-state index is -0.673. The van der Waals surface area contributed by atoms with E-state index in [2.05, 4.69) is 5.32 Å². The normalized spacial score (nSPS) is 10.7. The molecule has 0 aliphatic heterocycles. The Hall–Kier alpha value is -2.76. The van der Waals surface area contributed by atoms with Crippen LogP contribution in [0.4, 0.5) is 8.78 Å². The third-order valence-electron chi connectivity index (χ3n) is 3.87. The fraction of sp³-hybridized carbons (Fsp3) is 0.263. The van der Waals surface area contributed by atoms with Crippen molar-refractivity contribution in [1.29, 1.82) is 0 Å². The number of rotatable bonds is 8. The van der Waals surface area contributed by atoms with Crippen LogP contribution >= 0.6 is 0 Å². The van der Waals surface area contributed by atoms with E-state index in [0.29, 0.717) is 19.4 Å². The fourth-order valence-corrected chi connectivity index (χ4v) is 2.67. The fourth-order valence-electron chi connectivity index (χ4n) is 2.67. The highest BCUT2D eigenvalue weighted by molar-refractivity contribution is 5.95. The maximum Gasteiger partial charge on any atom is 0.229 e. The molecule has 2 aromatic carbocycles. The second-order valence-electron chi connectivity index (χ2n) is 5.79. The van der Waals surface area contributed by atoms with Crippen molar-refractivity contribution in [3.05, 3.63) is 71.3 Å². The lowest BCUT2D eigenvalue weighted by Gasteiger charge is -2.18. The Bertz CT molecular complexity index is 670. The van der Waals surface area contributed by atoms with Gasteiger partial charge in [0.2, 0.25) is 11.8 Å². The van der Waals surface area contributed by atoms with Crippen LogP contribution in [0.25, 0.3) is 0 Å². The van der Waals surface area contributed by atoms with Crippen molar-refractivity contribution in [3.63, 3.8) is 0 Å². The maximum atomic E-state index is 13.2. The van der Waals surface area contributed by atoms with Gasteiger partial charge < -0.3 is 11.1 Å². The highest BCUT2D eigenvalue weighted by Gasteiger charge is 2.15. The van der Waals surface area contributed by atoms with Crippen LogP contribution in [0.2, 0.25) is 0 Å². The predicted molar refractivity (Wildman–Crippen MR) is 90.7 cm³/mol. The highest BCUT2D eigenvalue weighted by atomic mass is 19.1. The molecule has 2 amide bonds. The molecule has 0 saturated carbocycles. The second-order valence-corrected chi connectivity index (χ2v) is 5.79. The molecule has 0 aliphatic carbocycles. The molecule has 0 aliphatic rings. The van der Waals surface area contributed by atoms with Gasteiger partial charge in [-0.1, -0.05) is 24.3 Å². The van der Waals surface area contributed by atoms with Crippen molar-refractivity contribution in [2.45, 2.75) is 25.2 Å². The number of carbonyl (C=O) groups is 2. The van der Waals surface area contributed by atoms with Crippen LogP contribution in [0, 0.1) is 11.6 Å². The Morgan fingerprint density at radius 3 is 1.84 bits per heavy atom. The number of primary amides is 1. The summed E-state index contributed by atoms with van der Waals surface area (Å²) < 4.78 is 26.3. The Morgan fingerprint density at radius 2 is 1.40 bits per heavy atom.